The van der Waals surface area contributed by atoms with Gasteiger partial charge in [0, 0.05) is 12.8 Å². The van der Waals surface area contributed by atoms with Crippen molar-refractivity contribution in [3.05, 3.63) is 108 Å². The summed E-state index contributed by atoms with van der Waals surface area (Å²) < 4.78 is 34.6. The van der Waals surface area contributed by atoms with E-state index in [1.165, 1.54) is 12.0 Å². The van der Waals surface area contributed by atoms with E-state index in [4.69, 9.17) is 4.74 Å². The quantitative estimate of drug-likeness (QED) is 0.110. The molecule has 0 unspecified atom stereocenters. The van der Waals surface area contributed by atoms with Crippen LogP contribution in [0.4, 0.5) is 13.6 Å². The average Bonchev–Trinajstić information content (AvgIpc) is 4.08. The minimum Gasteiger partial charge on any atom is -0.453 e. The largest absolute Gasteiger partial charge is 0.453 e. The molecule has 0 aliphatic carbocycles. The molecule has 2 aromatic heterocycles. The fourth-order valence-corrected chi connectivity index (χ4v) is 8.33. The lowest BCUT2D eigenvalue weighted by Crippen LogP contribution is -2.51. The van der Waals surface area contributed by atoms with Crippen molar-refractivity contribution in [3.63, 3.8) is 0 Å². The highest BCUT2D eigenvalue weighted by molar-refractivity contribution is 5.87. The van der Waals surface area contributed by atoms with Crippen molar-refractivity contribution < 1.29 is 27.9 Å². The predicted octanol–water partition coefficient (Wildman–Crippen LogP) is 7.82. The average molecular weight is 807 g/mol. The Labute approximate surface area is 343 Å². The Morgan fingerprint density at radius 3 is 1.64 bits per heavy atom. The number of likely N-dealkylation sites (N-methyl/N-ethyl adjacent to an activating group) is 1. The van der Waals surface area contributed by atoms with E-state index in [9.17, 15) is 18.8 Å². The molecule has 3 N–H and O–H groups in total. The SMILES string of the molecule is CCN(CC)[C@@H](C(=O)N1C[C@@H](F)C[C@H]1c1ncc(-c2ccc(-c3ccc(-c4cnc([C@@H]5C[C@@H](F)CN5C(=O)[C@@H](NC(=O)OC)C(C)C)[nH]4)cc3)cc2)[nH]1)c1ccccc1. The lowest BCUT2D eigenvalue weighted by atomic mass is 10.0. The molecule has 14 heteroatoms. The van der Waals surface area contributed by atoms with Crippen molar-refractivity contribution >= 4 is 17.9 Å². The highest BCUT2D eigenvalue weighted by atomic mass is 19.1. The molecule has 0 radical (unpaired) electrons. The van der Waals surface area contributed by atoms with Crippen molar-refractivity contribution in [2.45, 2.75) is 77.0 Å². The minimum absolute atomic E-state index is 0.0232. The summed E-state index contributed by atoms with van der Waals surface area (Å²) in [5.74, 6) is 0.287. The van der Waals surface area contributed by atoms with Crippen LogP contribution >= 0.6 is 0 Å². The van der Waals surface area contributed by atoms with Gasteiger partial charge in [0.1, 0.15) is 36.1 Å². The van der Waals surface area contributed by atoms with Gasteiger partial charge in [-0.25, -0.2) is 23.5 Å². The van der Waals surface area contributed by atoms with Gasteiger partial charge in [-0.1, -0.05) is 107 Å². The van der Waals surface area contributed by atoms with E-state index >= 15 is 4.39 Å². The number of alkyl carbamates (subject to hydrolysis) is 1. The highest BCUT2D eigenvalue weighted by Crippen LogP contribution is 2.38. The topological polar surface area (TPSA) is 140 Å². The molecule has 3 amide bonds. The number of benzene rings is 3. The van der Waals surface area contributed by atoms with Gasteiger partial charge >= 0.3 is 6.09 Å². The third kappa shape index (κ3) is 8.78. The molecule has 59 heavy (non-hydrogen) atoms. The molecule has 0 spiro atoms. The molecule has 2 aliphatic rings. The molecule has 0 bridgehead atoms. The van der Waals surface area contributed by atoms with Crippen LogP contribution in [0.5, 0.6) is 0 Å². The summed E-state index contributed by atoms with van der Waals surface area (Å²) in [4.78, 5) is 60.8. The van der Waals surface area contributed by atoms with Gasteiger partial charge in [-0.05, 0) is 46.8 Å². The second-order valence-electron chi connectivity index (χ2n) is 15.6. The number of imidazole rings is 2. The van der Waals surface area contributed by atoms with Gasteiger partial charge in [0.05, 0.1) is 56.1 Å². The normalized spacial score (nSPS) is 20.3. The van der Waals surface area contributed by atoms with E-state index in [1.807, 2.05) is 107 Å². The minimum atomic E-state index is -1.22. The number of rotatable bonds is 13. The van der Waals surface area contributed by atoms with E-state index in [1.54, 1.807) is 17.3 Å². The van der Waals surface area contributed by atoms with Crippen LogP contribution in [0.1, 0.15) is 75.9 Å². The van der Waals surface area contributed by atoms with E-state index in [2.05, 4.69) is 30.2 Å². The van der Waals surface area contributed by atoms with Crippen LogP contribution in [0.3, 0.4) is 0 Å². The molecule has 2 aliphatic heterocycles. The predicted molar refractivity (Wildman–Crippen MR) is 221 cm³/mol. The number of methoxy groups -OCH3 is 1. The molecule has 2 saturated heterocycles. The van der Waals surface area contributed by atoms with Gasteiger partial charge in [0.25, 0.3) is 0 Å². The first kappa shape index (κ1) is 41.3. The fraction of sp³-hybridized carbons (Fsp3) is 0.400. The number of nitrogens with one attached hydrogen (secondary N) is 3. The van der Waals surface area contributed by atoms with Gasteiger partial charge in [0.2, 0.25) is 11.8 Å². The second-order valence-corrected chi connectivity index (χ2v) is 15.6. The van der Waals surface area contributed by atoms with Crippen LogP contribution in [-0.2, 0) is 14.3 Å². The van der Waals surface area contributed by atoms with E-state index in [-0.39, 0.29) is 43.7 Å². The number of hydrogen-bond donors (Lipinski definition) is 3. The Hall–Kier alpha value is -5.89. The summed E-state index contributed by atoms with van der Waals surface area (Å²) in [5.41, 5.74) is 6.15. The Morgan fingerprint density at radius 1 is 0.746 bits per heavy atom. The van der Waals surface area contributed by atoms with E-state index in [0.717, 1.165) is 39.2 Å². The number of halogens is 2. The number of carbonyl (C=O) groups excluding carboxylic acids is 3. The Kier molecular flexibility index (Phi) is 12.5. The summed E-state index contributed by atoms with van der Waals surface area (Å²) in [6.07, 6.45) is 0.599. The number of aromatic nitrogens is 4. The van der Waals surface area contributed by atoms with Gasteiger partial charge in [-0.3, -0.25) is 14.5 Å². The zero-order valence-corrected chi connectivity index (χ0v) is 34.1. The summed E-state index contributed by atoms with van der Waals surface area (Å²) in [5, 5.41) is 2.59. The number of amides is 3. The van der Waals surface area contributed by atoms with Gasteiger partial charge in [0.15, 0.2) is 0 Å². The zero-order valence-electron chi connectivity index (χ0n) is 34.1. The molecule has 2 fully saturated rings. The molecular weight excluding hydrogens is 755 g/mol. The van der Waals surface area contributed by atoms with Crippen LogP contribution in [0.25, 0.3) is 33.6 Å². The highest BCUT2D eigenvalue weighted by Gasteiger charge is 2.43. The first-order valence-electron chi connectivity index (χ1n) is 20.3. The zero-order chi connectivity index (χ0) is 41.8. The molecule has 310 valence electrons. The lowest BCUT2D eigenvalue weighted by molar-refractivity contribution is -0.138. The number of H-pyrrole nitrogens is 2. The van der Waals surface area contributed by atoms with E-state index in [0.29, 0.717) is 24.7 Å². The van der Waals surface area contributed by atoms with Crippen molar-refractivity contribution in [1.29, 1.82) is 0 Å². The Morgan fingerprint density at radius 2 is 1.20 bits per heavy atom. The fourth-order valence-electron chi connectivity index (χ4n) is 8.33. The maximum atomic E-state index is 15.1. The smallest absolute Gasteiger partial charge is 0.407 e. The summed E-state index contributed by atoms with van der Waals surface area (Å²) in [6, 6.07) is 23.2. The van der Waals surface area contributed by atoms with E-state index < -0.39 is 42.6 Å². The number of carbonyl (C=O) groups is 3. The summed E-state index contributed by atoms with van der Waals surface area (Å²) in [6.45, 7) is 8.97. The standard InChI is InChI=1S/C45H52F2N8O4/c1-6-53(7-2)40(32-11-9-8-10-12-32)44(57)55-26-34(47)22-38(55)42-49-24-36(51-42)31-19-15-29(16-20-31)28-13-17-30(18-14-28)35-23-48-41(50-35)37-21-33(46)25-54(37)43(56)39(27(3)4)52-45(58)59-5/h8-20,23-24,27,33-34,37-40H,6-7,21-22,25-26H2,1-5H3,(H,48,50)(H,49,51)(H,52,58)/t33-,34+,37+,38+,39+,40-/m1/s1. The first-order chi connectivity index (χ1) is 28.5. The van der Waals surface area contributed by atoms with Crippen molar-refractivity contribution in [1.82, 2.24) is 40.0 Å². The number of aromatic amines is 2. The first-order valence-corrected chi connectivity index (χ1v) is 20.3. The second kappa shape index (κ2) is 17.9. The van der Waals surface area contributed by atoms with Crippen LogP contribution in [0, 0.1) is 5.92 Å². The summed E-state index contributed by atoms with van der Waals surface area (Å²) >= 11 is 0. The maximum absolute atomic E-state index is 15.1. The molecular formula is C45H52F2N8O4. The molecule has 7 rings (SSSR count). The number of likely N-dealkylation sites (tertiary alicyclic amines) is 2. The van der Waals surface area contributed by atoms with Crippen LogP contribution in [0.15, 0.2) is 91.3 Å². The van der Waals surface area contributed by atoms with Crippen LogP contribution < -0.4 is 5.32 Å². The molecule has 5 aromatic rings. The van der Waals surface area contributed by atoms with Gasteiger partial charge < -0.3 is 29.8 Å². The van der Waals surface area contributed by atoms with Crippen LogP contribution in [-0.4, -0.2) is 104 Å². The number of alkyl halides is 2. The number of hydrogen-bond acceptors (Lipinski definition) is 7. The Balaban J connectivity index is 1.03. The lowest BCUT2D eigenvalue weighted by Gasteiger charge is -2.34. The third-order valence-corrected chi connectivity index (χ3v) is 11.5. The molecule has 0 saturated carbocycles. The number of nitrogens with zero attached hydrogens (tertiary/aromatic N) is 5. The molecule has 4 heterocycles. The summed E-state index contributed by atoms with van der Waals surface area (Å²) in [7, 11) is 1.23. The van der Waals surface area contributed by atoms with Crippen LogP contribution in [0.2, 0.25) is 0 Å². The number of ether oxygens (including phenoxy) is 1. The van der Waals surface area contributed by atoms with Gasteiger partial charge in [-0.15, -0.1) is 0 Å². The third-order valence-electron chi connectivity index (χ3n) is 11.5. The molecule has 12 nitrogen and oxygen atoms in total. The van der Waals surface area contributed by atoms with Crippen molar-refractivity contribution in [2.24, 2.45) is 5.92 Å². The van der Waals surface area contributed by atoms with Crippen molar-refractivity contribution in [2.75, 3.05) is 33.3 Å². The molecule has 3 aromatic carbocycles. The maximum Gasteiger partial charge on any atom is 0.407 e. The monoisotopic (exact) mass is 806 g/mol. The Bertz CT molecular complexity index is 2210. The molecule has 6 atom stereocenters. The van der Waals surface area contributed by atoms with Gasteiger partial charge in [-0.2, -0.15) is 0 Å². The van der Waals surface area contributed by atoms with Crippen molar-refractivity contribution in [3.8, 4) is 33.6 Å².